The van der Waals surface area contributed by atoms with Crippen molar-refractivity contribution in [3.05, 3.63) is 47.4 Å². The summed E-state index contributed by atoms with van der Waals surface area (Å²) in [7, 11) is 0. The van der Waals surface area contributed by atoms with Gasteiger partial charge in [0.15, 0.2) is 11.5 Å². The zero-order valence-electron chi connectivity index (χ0n) is 15.1. The Balaban J connectivity index is 1.59. The molecule has 0 spiro atoms. The smallest absolute Gasteiger partial charge is 0.294 e. The second-order valence-corrected chi connectivity index (χ2v) is 6.52. The molecule has 1 saturated heterocycles. The van der Waals surface area contributed by atoms with Crippen molar-refractivity contribution in [2.45, 2.75) is 26.3 Å². The molecule has 4 rings (SSSR count). The van der Waals surface area contributed by atoms with Crippen LogP contribution in [0.1, 0.15) is 39.0 Å². The fraction of sp³-hybridized carbons (Fsp3) is 0.389. The summed E-state index contributed by atoms with van der Waals surface area (Å²) in [5.74, 6) is 0.206. The summed E-state index contributed by atoms with van der Waals surface area (Å²) in [6.45, 7) is 4.80. The van der Waals surface area contributed by atoms with E-state index < -0.39 is 6.04 Å². The van der Waals surface area contributed by atoms with Gasteiger partial charge in [-0.2, -0.15) is 4.98 Å². The third kappa shape index (κ3) is 3.33. The van der Waals surface area contributed by atoms with Crippen LogP contribution in [0.15, 0.2) is 28.9 Å². The van der Waals surface area contributed by atoms with Gasteiger partial charge in [0, 0.05) is 24.4 Å². The lowest BCUT2D eigenvalue weighted by Gasteiger charge is -2.34. The SMILES string of the molecule is Cc1cc(C)n2nc(C(=O)N3CCOC[C@H]3CC(=O)c3ccco3)nc2n1. The molecule has 1 amide bonds. The van der Waals surface area contributed by atoms with Crippen LogP contribution < -0.4 is 0 Å². The van der Waals surface area contributed by atoms with Crippen LogP contribution in [0.4, 0.5) is 0 Å². The molecule has 0 bridgehead atoms. The molecule has 140 valence electrons. The Labute approximate surface area is 155 Å². The molecule has 0 aliphatic carbocycles. The standard InChI is InChI=1S/C18H19N5O4/c1-11-8-12(2)23-18(19-11)20-16(21-23)17(25)22-5-7-26-10-13(22)9-14(24)15-4-3-6-27-15/h3-4,6,8,13H,5,7,9-10H2,1-2H3/t13-/m1/s1. The van der Waals surface area contributed by atoms with Gasteiger partial charge in [-0.15, -0.1) is 5.10 Å². The number of hydrogen-bond acceptors (Lipinski definition) is 7. The fourth-order valence-corrected chi connectivity index (χ4v) is 3.23. The van der Waals surface area contributed by atoms with Crippen molar-refractivity contribution in [1.29, 1.82) is 0 Å². The molecule has 4 heterocycles. The van der Waals surface area contributed by atoms with Gasteiger partial charge in [-0.1, -0.05) is 0 Å². The largest absolute Gasteiger partial charge is 0.461 e. The maximum absolute atomic E-state index is 13.0. The van der Waals surface area contributed by atoms with Crippen LogP contribution in [0, 0.1) is 13.8 Å². The van der Waals surface area contributed by atoms with E-state index in [0.717, 1.165) is 11.4 Å². The zero-order valence-corrected chi connectivity index (χ0v) is 15.1. The molecule has 0 unspecified atom stereocenters. The summed E-state index contributed by atoms with van der Waals surface area (Å²) in [4.78, 5) is 35.6. The van der Waals surface area contributed by atoms with E-state index in [1.807, 2.05) is 19.9 Å². The number of aryl methyl sites for hydroxylation is 2. The third-order valence-electron chi connectivity index (χ3n) is 4.51. The Morgan fingerprint density at radius 1 is 1.30 bits per heavy atom. The average molecular weight is 369 g/mol. The molecular weight excluding hydrogens is 350 g/mol. The zero-order chi connectivity index (χ0) is 19.0. The van der Waals surface area contributed by atoms with E-state index >= 15 is 0 Å². The Bertz CT molecular complexity index is 995. The van der Waals surface area contributed by atoms with Gasteiger partial charge in [-0.05, 0) is 32.0 Å². The molecule has 9 heteroatoms. The van der Waals surface area contributed by atoms with Gasteiger partial charge in [0.25, 0.3) is 11.7 Å². The van der Waals surface area contributed by atoms with E-state index in [9.17, 15) is 9.59 Å². The summed E-state index contributed by atoms with van der Waals surface area (Å²) in [6, 6.07) is 4.74. The molecule has 0 aromatic carbocycles. The van der Waals surface area contributed by atoms with Gasteiger partial charge >= 0.3 is 0 Å². The van der Waals surface area contributed by atoms with Gasteiger partial charge in [0.05, 0.1) is 25.5 Å². The van der Waals surface area contributed by atoms with Crippen LogP contribution in [0.5, 0.6) is 0 Å². The molecule has 1 aliphatic heterocycles. The first-order valence-electron chi connectivity index (χ1n) is 8.69. The third-order valence-corrected chi connectivity index (χ3v) is 4.51. The first-order chi connectivity index (χ1) is 13.0. The number of aromatic nitrogens is 4. The lowest BCUT2D eigenvalue weighted by molar-refractivity contribution is -0.00363. The van der Waals surface area contributed by atoms with Gasteiger partial charge in [0.1, 0.15) is 0 Å². The van der Waals surface area contributed by atoms with Crippen molar-refractivity contribution in [3.8, 4) is 0 Å². The first-order valence-corrected chi connectivity index (χ1v) is 8.69. The summed E-state index contributed by atoms with van der Waals surface area (Å²) >= 11 is 0. The molecule has 3 aromatic heterocycles. The average Bonchev–Trinajstić information content (AvgIpc) is 3.31. The lowest BCUT2D eigenvalue weighted by atomic mass is 10.1. The van der Waals surface area contributed by atoms with Gasteiger partial charge in [0.2, 0.25) is 5.82 Å². The number of morpholine rings is 1. The first kappa shape index (κ1) is 17.3. The van der Waals surface area contributed by atoms with Crippen LogP contribution in [-0.2, 0) is 4.74 Å². The maximum atomic E-state index is 13.0. The monoisotopic (exact) mass is 369 g/mol. The lowest BCUT2D eigenvalue weighted by Crippen LogP contribution is -2.49. The van der Waals surface area contributed by atoms with Crippen molar-refractivity contribution < 1.29 is 18.7 Å². The Morgan fingerprint density at radius 3 is 2.93 bits per heavy atom. The van der Waals surface area contributed by atoms with Crippen molar-refractivity contribution in [1.82, 2.24) is 24.5 Å². The summed E-state index contributed by atoms with van der Waals surface area (Å²) in [5, 5.41) is 4.30. The van der Waals surface area contributed by atoms with Crippen molar-refractivity contribution in [3.63, 3.8) is 0 Å². The highest BCUT2D eigenvalue weighted by Crippen LogP contribution is 2.17. The van der Waals surface area contributed by atoms with Crippen molar-refractivity contribution in [2.24, 2.45) is 0 Å². The normalized spacial score (nSPS) is 17.4. The van der Waals surface area contributed by atoms with Gasteiger partial charge < -0.3 is 14.1 Å². The van der Waals surface area contributed by atoms with Gasteiger partial charge in [-0.25, -0.2) is 9.50 Å². The quantitative estimate of drug-likeness (QED) is 0.641. The molecule has 1 fully saturated rings. The second kappa shape index (κ2) is 6.92. The number of carbonyl (C=O) groups is 2. The van der Waals surface area contributed by atoms with E-state index in [4.69, 9.17) is 9.15 Å². The molecule has 3 aromatic rings. The Morgan fingerprint density at radius 2 is 2.15 bits per heavy atom. The van der Waals surface area contributed by atoms with Crippen LogP contribution in [0.2, 0.25) is 0 Å². The molecule has 9 nitrogen and oxygen atoms in total. The van der Waals surface area contributed by atoms with Crippen molar-refractivity contribution in [2.75, 3.05) is 19.8 Å². The highest BCUT2D eigenvalue weighted by molar-refractivity contribution is 5.95. The molecular formula is C18H19N5O4. The number of ether oxygens (including phenoxy) is 1. The number of nitrogens with zero attached hydrogens (tertiary/aromatic N) is 5. The summed E-state index contributed by atoms with van der Waals surface area (Å²) in [5.41, 5.74) is 1.65. The van der Waals surface area contributed by atoms with Crippen molar-refractivity contribution >= 4 is 17.5 Å². The Hall–Kier alpha value is -3.07. The number of amides is 1. The molecule has 0 saturated carbocycles. The fourth-order valence-electron chi connectivity index (χ4n) is 3.23. The van der Waals surface area contributed by atoms with Crippen LogP contribution >= 0.6 is 0 Å². The van der Waals surface area contributed by atoms with Crippen LogP contribution in [0.3, 0.4) is 0 Å². The minimum atomic E-state index is -0.397. The topological polar surface area (TPSA) is 103 Å². The van der Waals surface area contributed by atoms with E-state index in [0.29, 0.717) is 18.9 Å². The number of fused-ring (bicyclic) bond motifs is 1. The van der Waals surface area contributed by atoms with Gasteiger partial charge in [-0.3, -0.25) is 9.59 Å². The number of rotatable bonds is 4. The highest BCUT2D eigenvalue weighted by Gasteiger charge is 2.32. The minimum absolute atomic E-state index is 0.0635. The minimum Gasteiger partial charge on any atom is -0.461 e. The number of Topliss-reactive ketones (excluding diaryl/α,β-unsaturated/α-hetero) is 1. The Kier molecular flexibility index (Phi) is 4.44. The van der Waals surface area contributed by atoms with E-state index in [1.54, 1.807) is 21.5 Å². The number of hydrogen-bond donors (Lipinski definition) is 0. The number of furan rings is 1. The summed E-state index contributed by atoms with van der Waals surface area (Å²) in [6.07, 6.45) is 1.56. The predicted octanol–water partition coefficient (Wildman–Crippen LogP) is 1.45. The molecule has 1 atom stereocenters. The molecule has 27 heavy (non-hydrogen) atoms. The predicted molar refractivity (Wildman–Crippen MR) is 93.6 cm³/mol. The number of ketones is 1. The molecule has 0 radical (unpaired) electrons. The number of carbonyl (C=O) groups excluding carboxylic acids is 2. The summed E-state index contributed by atoms with van der Waals surface area (Å²) < 4.78 is 12.2. The van der Waals surface area contributed by atoms with Crippen LogP contribution in [-0.4, -0.2) is 62.0 Å². The van der Waals surface area contributed by atoms with E-state index in [2.05, 4.69) is 15.1 Å². The van der Waals surface area contributed by atoms with E-state index in [-0.39, 0.29) is 36.3 Å². The highest BCUT2D eigenvalue weighted by atomic mass is 16.5. The maximum Gasteiger partial charge on any atom is 0.294 e. The second-order valence-electron chi connectivity index (χ2n) is 6.52. The molecule has 0 N–H and O–H groups in total. The van der Waals surface area contributed by atoms with E-state index in [1.165, 1.54) is 6.26 Å². The van der Waals surface area contributed by atoms with Crippen LogP contribution in [0.25, 0.3) is 5.78 Å². The molecule has 1 aliphatic rings.